The second-order valence-electron chi connectivity index (χ2n) is 5.08. The maximum absolute atomic E-state index is 10.6. The summed E-state index contributed by atoms with van der Waals surface area (Å²) >= 11 is 1.76. The average Bonchev–Trinajstić information content (AvgIpc) is 3.07. The molecule has 2 aromatic rings. The molecule has 0 bridgehead atoms. The van der Waals surface area contributed by atoms with E-state index >= 15 is 0 Å². The van der Waals surface area contributed by atoms with Crippen LogP contribution in [0.15, 0.2) is 46.8 Å². The van der Waals surface area contributed by atoms with Gasteiger partial charge in [0.15, 0.2) is 5.96 Å². The Labute approximate surface area is 139 Å². The largest absolute Gasteiger partial charge is 0.352 e. The smallest absolute Gasteiger partial charge is 0.269 e. The highest BCUT2D eigenvalue weighted by Gasteiger charge is 2.08. The number of likely N-dealkylation sites (N-methyl/N-ethyl adjacent to an activating group) is 1. The Bertz CT molecular complexity index is 653. The maximum atomic E-state index is 10.6. The van der Waals surface area contributed by atoms with Crippen LogP contribution < -0.4 is 5.32 Å². The fourth-order valence-corrected chi connectivity index (χ4v) is 2.84. The van der Waals surface area contributed by atoms with Crippen molar-refractivity contribution >= 4 is 23.0 Å². The quantitative estimate of drug-likeness (QED) is 0.382. The Morgan fingerprint density at radius 1 is 1.35 bits per heavy atom. The molecule has 1 aromatic heterocycles. The molecule has 1 N–H and O–H groups in total. The molecule has 0 aliphatic carbocycles. The number of hydrogen-bond acceptors (Lipinski definition) is 4. The fraction of sp³-hybridized carbons (Fsp3) is 0.312. The molecule has 2 rings (SSSR count). The van der Waals surface area contributed by atoms with Crippen LogP contribution in [-0.2, 0) is 13.0 Å². The van der Waals surface area contributed by atoms with Crippen LogP contribution in [0.4, 0.5) is 5.69 Å². The fourth-order valence-electron chi connectivity index (χ4n) is 2.14. The van der Waals surface area contributed by atoms with E-state index in [-0.39, 0.29) is 5.69 Å². The van der Waals surface area contributed by atoms with Gasteiger partial charge in [0.2, 0.25) is 0 Å². The Balaban J connectivity index is 1.85. The predicted molar refractivity (Wildman–Crippen MR) is 93.9 cm³/mol. The van der Waals surface area contributed by atoms with Crippen molar-refractivity contribution in [2.24, 2.45) is 4.99 Å². The lowest BCUT2D eigenvalue weighted by Crippen LogP contribution is -2.39. The SMILES string of the molecule is CN=C(NCc1ccc([N+](=O)[O-])cc1)N(C)CCc1cccs1. The Morgan fingerprint density at radius 3 is 2.65 bits per heavy atom. The number of guanidine groups is 1. The van der Waals surface area contributed by atoms with Crippen LogP contribution in [-0.4, -0.2) is 36.4 Å². The summed E-state index contributed by atoms with van der Waals surface area (Å²) in [6, 6.07) is 10.7. The second kappa shape index (κ2) is 8.28. The highest BCUT2D eigenvalue weighted by Crippen LogP contribution is 2.12. The molecular formula is C16H20N4O2S. The van der Waals surface area contributed by atoms with Crippen molar-refractivity contribution < 1.29 is 4.92 Å². The molecule has 0 atom stereocenters. The molecule has 1 aromatic carbocycles. The van der Waals surface area contributed by atoms with Crippen molar-refractivity contribution in [2.45, 2.75) is 13.0 Å². The van der Waals surface area contributed by atoms with Gasteiger partial charge in [-0.25, -0.2) is 0 Å². The van der Waals surface area contributed by atoms with Crippen molar-refractivity contribution in [3.63, 3.8) is 0 Å². The van der Waals surface area contributed by atoms with Gasteiger partial charge in [0, 0.05) is 44.2 Å². The molecule has 0 aliphatic rings. The van der Waals surface area contributed by atoms with E-state index in [9.17, 15) is 10.1 Å². The van der Waals surface area contributed by atoms with E-state index in [1.54, 1.807) is 30.5 Å². The maximum Gasteiger partial charge on any atom is 0.269 e. The molecule has 0 radical (unpaired) electrons. The summed E-state index contributed by atoms with van der Waals surface area (Å²) in [5.41, 5.74) is 1.08. The molecule has 23 heavy (non-hydrogen) atoms. The Kier molecular flexibility index (Phi) is 6.10. The third-order valence-electron chi connectivity index (χ3n) is 3.44. The molecule has 0 amide bonds. The minimum atomic E-state index is -0.394. The van der Waals surface area contributed by atoms with Gasteiger partial charge in [0.05, 0.1) is 4.92 Å². The molecule has 1 heterocycles. The first kappa shape index (κ1) is 17.0. The van der Waals surface area contributed by atoms with Gasteiger partial charge in [-0.05, 0) is 23.4 Å². The molecule has 0 unspecified atom stereocenters. The van der Waals surface area contributed by atoms with Crippen LogP contribution in [0.2, 0.25) is 0 Å². The lowest BCUT2D eigenvalue weighted by molar-refractivity contribution is -0.384. The van der Waals surface area contributed by atoms with E-state index in [2.05, 4.69) is 32.7 Å². The van der Waals surface area contributed by atoms with Gasteiger partial charge in [0.25, 0.3) is 5.69 Å². The molecule has 0 saturated heterocycles. The summed E-state index contributed by atoms with van der Waals surface area (Å²) in [5, 5.41) is 16.0. The highest BCUT2D eigenvalue weighted by molar-refractivity contribution is 7.09. The van der Waals surface area contributed by atoms with Gasteiger partial charge in [-0.15, -0.1) is 11.3 Å². The zero-order chi connectivity index (χ0) is 16.7. The molecular weight excluding hydrogens is 312 g/mol. The first-order valence-corrected chi connectivity index (χ1v) is 8.15. The number of nitro groups is 1. The number of nitrogens with zero attached hydrogens (tertiary/aromatic N) is 3. The van der Waals surface area contributed by atoms with E-state index in [0.717, 1.165) is 24.5 Å². The molecule has 7 heteroatoms. The number of nitrogens with one attached hydrogen (secondary N) is 1. The monoisotopic (exact) mass is 332 g/mol. The van der Waals surface area contributed by atoms with Gasteiger partial charge in [-0.3, -0.25) is 15.1 Å². The third-order valence-corrected chi connectivity index (χ3v) is 4.38. The minimum Gasteiger partial charge on any atom is -0.352 e. The number of aliphatic imine (C=N–C) groups is 1. The number of hydrogen-bond donors (Lipinski definition) is 1. The Hall–Kier alpha value is -2.41. The summed E-state index contributed by atoms with van der Waals surface area (Å²) in [6.45, 7) is 1.45. The summed E-state index contributed by atoms with van der Waals surface area (Å²) in [4.78, 5) is 18.0. The third kappa shape index (κ3) is 5.07. The van der Waals surface area contributed by atoms with Gasteiger partial charge < -0.3 is 10.2 Å². The van der Waals surface area contributed by atoms with Crippen LogP contribution in [0.25, 0.3) is 0 Å². The van der Waals surface area contributed by atoms with E-state index in [1.807, 2.05) is 7.05 Å². The van der Waals surface area contributed by atoms with Gasteiger partial charge in [-0.2, -0.15) is 0 Å². The lowest BCUT2D eigenvalue weighted by atomic mass is 10.2. The zero-order valence-corrected chi connectivity index (χ0v) is 14.0. The number of benzene rings is 1. The average molecular weight is 332 g/mol. The summed E-state index contributed by atoms with van der Waals surface area (Å²) in [6.07, 6.45) is 0.979. The minimum absolute atomic E-state index is 0.103. The van der Waals surface area contributed by atoms with E-state index < -0.39 is 4.92 Å². The number of thiophene rings is 1. The van der Waals surface area contributed by atoms with Crippen LogP contribution in [0.3, 0.4) is 0 Å². The highest BCUT2D eigenvalue weighted by atomic mass is 32.1. The number of rotatable bonds is 6. The van der Waals surface area contributed by atoms with Crippen LogP contribution in [0.1, 0.15) is 10.4 Å². The standard InChI is InChI=1S/C16H20N4O2S/c1-17-16(19(2)10-9-15-4-3-11-23-15)18-12-13-5-7-14(8-6-13)20(21)22/h3-8,11H,9-10,12H2,1-2H3,(H,17,18). The van der Waals surface area contributed by atoms with Crippen LogP contribution in [0, 0.1) is 10.1 Å². The van der Waals surface area contributed by atoms with Crippen LogP contribution in [0.5, 0.6) is 0 Å². The van der Waals surface area contributed by atoms with E-state index in [0.29, 0.717) is 6.54 Å². The normalized spacial score (nSPS) is 11.3. The van der Waals surface area contributed by atoms with Gasteiger partial charge in [0.1, 0.15) is 0 Å². The molecule has 0 fully saturated rings. The van der Waals surface area contributed by atoms with Crippen LogP contribution >= 0.6 is 11.3 Å². The van der Waals surface area contributed by atoms with E-state index in [4.69, 9.17) is 0 Å². The molecule has 0 aliphatic heterocycles. The van der Waals surface area contributed by atoms with Gasteiger partial charge in [-0.1, -0.05) is 18.2 Å². The number of nitro benzene ring substituents is 1. The van der Waals surface area contributed by atoms with E-state index in [1.165, 1.54) is 17.0 Å². The van der Waals surface area contributed by atoms with Crippen molar-refractivity contribution in [3.05, 3.63) is 62.3 Å². The van der Waals surface area contributed by atoms with Crippen molar-refractivity contribution in [1.82, 2.24) is 10.2 Å². The summed E-state index contributed by atoms with van der Waals surface area (Å²) < 4.78 is 0. The summed E-state index contributed by atoms with van der Waals surface area (Å²) in [5.74, 6) is 0.805. The molecule has 6 nitrogen and oxygen atoms in total. The molecule has 0 saturated carbocycles. The summed E-state index contributed by atoms with van der Waals surface area (Å²) in [7, 11) is 3.75. The zero-order valence-electron chi connectivity index (χ0n) is 13.2. The number of non-ortho nitro benzene ring substituents is 1. The van der Waals surface area contributed by atoms with Gasteiger partial charge >= 0.3 is 0 Å². The first-order valence-electron chi connectivity index (χ1n) is 7.27. The van der Waals surface area contributed by atoms with Crippen molar-refractivity contribution in [1.29, 1.82) is 0 Å². The van der Waals surface area contributed by atoms with Crippen molar-refractivity contribution in [2.75, 3.05) is 20.6 Å². The lowest BCUT2D eigenvalue weighted by Gasteiger charge is -2.21. The Morgan fingerprint density at radius 2 is 2.09 bits per heavy atom. The topological polar surface area (TPSA) is 70.8 Å². The molecule has 0 spiro atoms. The first-order chi connectivity index (χ1) is 11.1. The van der Waals surface area contributed by atoms with Crippen molar-refractivity contribution in [3.8, 4) is 0 Å². The second-order valence-corrected chi connectivity index (χ2v) is 6.11. The predicted octanol–water partition coefficient (Wildman–Crippen LogP) is 2.91. The molecule has 122 valence electrons.